The quantitative estimate of drug-likeness (QED) is 0.824. The molecule has 0 aromatic heterocycles. The standard InChI is InChI=1S/C14H12ClFN2O/c1-8-2-4-10(13(17)6-8)14(19)18-9-3-5-11(15)12(16)7-9/h2-7H,17H2,1H3,(H,18,19). The maximum Gasteiger partial charge on any atom is 0.257 e. The van der Waals surface area contributed by atoms with E-state index in [4.69, 9.17) is 17.3 Å². The van der Waals surface area contributed by atoms with Gasteiger partial charge in [-0.1, -0.05) is 17.7 Å². The molecule has 19 heavy (non-hydrogen) atoms. The Hall–Kier alpha value is -2.07. The van der Waals surface area contributed by atoms with Crippen LogP contribution in [0.4, 0.5) is 15.8 Å². The number of carbonyl (C=O) groups excluding carboxylic acids is 1. The van der Waals surface area contributed by atoms with Crippen molar-refractivity contribution in [1.82, 2.24) is 0 Å². The molecule has 0 aliphatic carbocycles. The molecule has 0 saturated carbocycles. The van der Waals surface area contributed by atoms with Crippen LogP contribution < -0.4 is 11.1 Å². The van der Waals surface area contributed by atoms with Crippen molar-refractivity contribution >= 4 is 28.9 Å². The van der Waals surface area contributed by atoms with Crippen molar-refractivity contribution in [2.75, 3.05) is 11.1 Å². The molecule has 0 spiro atoms. The fourth-order valence-corrected chi connectivity index (χ4v) is 1.78. The number of halogens is 2. The Bertz CT molecular complexity index is 643. The number of carbonyl (C=O) groups is 1. The highest BCUT2D eigenvalue weighted by molar-refractivity contribution is 6.30. The Morgan fingerprint density at radius 3 is 2.63 bits per heavy atom. The fraction of sp³-hybridized carbons (Fsp3) is 0.0714. The lowest BCUT2D eigenvalue weighted by atomic mass is 10.1. The summed E-state index contributed by atoms with van der Waals surface area (Å²) in [5.41, 5.74) is 7.79. The molecular weight excluding hydrogens is 267 g/mol. The van der Waals surface area contributed by atoms with E-state index in [2.05, 4.69) is 5.32 Å². The number of nitrogens with one attached hydrogen (secondary N) is 1. The Kier molecular flexibility index (Phi) is 3.71. The van der Waals surface area contributed by atoms with Gasteiger partial charge in [-0.3, -0.25) is 4.79 Å². The minimum absolute atomic E-state index is 0.00727. The first-order valence-corrected chi connectivity index (χ1v) is 5.97. The van der Waals surface area contributed by atoms with Crippen LogP contribution in [-0.4, -0.2) is 5.91 Å². The predicted octanol–water partition coefficient (Wildman–Crippen LogP) is 3.62. The van der Waals surface area contributed by atoms with Crippen LogP contribution in [0.5, 0.6) is 0 Å². The lowest BCUT2D eigenvalue weighted by Gasteiger charge is -2.08. The highest BCUT2D eigenvalue weighted by Gasteiger charge is 2.11. The van der Waals surface area contributed by atoms with E-state index in [0.29, 0.717) is 16.9 Å². The minimum Gasteiger partial charge on any atom is -0.398 e. The molecule has 5 heteroatoms. The SMILES string of the molecule is Cc1ccc(C(=O)Nc2ccc(Cl)c(F)c2)c(N)c1. The molecule has 1 amide bonds. The zero-order valence-electron chi connectivity index (χ0n) is 10.2. The molecule has 3 N–H and O–H groups in total. The average molecular weight is 279 g/mol. The molecule has 0 radical (unpaired) electrons. The summed E-state index contributed by atoms with van der Waals surface area (Å²) in [4.78, 5) is 12.0. The molecule has 0 aliphatic heterocycles. The van der Waals surface area contributed by atoms with Crippen molar-refractivity contribution < 1.29 is 9.18 Å². The van der Waals surface area contributed by atoms with Crippen molar-refractivity contribution in [3.8, 4) is 0 Å². The molecule has 0 bridgehead atoms. The maximum atomic E-state index is 13.3. The van der Waals surface area contributed by atoms with Gasteiger partial charge in [0.1, 0.15) is 5.82 Å². The number of amides is 1. The second-order valence-corrected chi connectivity index (χ2v) is 4.58. The molecule has 0 atom stereocenters. The Morgan fingerprint density at radius 1 is 1.26 bits per heavy atom. The molecule has 0 saturated heterocycles. The summed E-state index contributed by atoms with van der Waals surface area (Å²) in [5, 5.41) is 2.58. The van der Waals surface area contributed by atoms with E-state index in [1.165, 1.54) is 12.1 Å². The van der Waals surface area contributed by atoms with Gasteiger partial charge in [0.05, 0.1) is 10.6 Å². The molecule has 0 aliphatic rings. The van der Waals surface area contributed by atoms with Crippen molar-refractivity contribution in [3.05, 3.63) is 58.4 Å². The second-order valence-electron chi connectivity index (χ2n) is 4.17. The molecule has 0 heterocycles. The summed E-state index contributed by atoms with van der Waals surface area (Å²) in [7, 11) is 0. The van der Waals surface area contributed by atoms with Crippen LogP contribution >= 0.6 is 11.6 Å². The van der Waals surface area contributed by atoms with Gasteiger partial charge in [0.2, 0.25) is 0 Å². The van der Waals surface area contributed by atoms with Crippen LogP contribution in [-0.2, 0) is 0 Å². The molecule has 0 unspecified atom stereocenters. The summed E-state index contributed by atoms with van der Waals surface area (Å²) >= 11 is 5.57. The number of aryl methyl sites for hydroxylation is 1. The Morgan fingerprint density at radius 2 is 2.00 bits per heavy atom. The monoisotopic (exact) mass is 278 g/mol. The zero-order valence-corrected chi connectivity index (χ0v) is 11.0. The molecule has 2 rings (SSSR count). The van der Waals surface area contributed by atoms with Gasteiger partial charge < -0.3 is 11.1 Å². The second kappa shape index (κ2) is 5.28. The number of hydrogen-bond acceptors (Lipinski definition) is 2. The molecule has 3 nitrogen and oxygen atoms in total. The summed E-state index contributed by atoms with van der Waals surface area (Å²) in [6, 6.07) is 9.18. The topological polar surface area (TPSA) is 55.1 Å². The zero-order chi connectivity index (χ0) is 14.0. The molecule has 0 fully saturated rings. The van der Waals surface area contributed by atoms with E-state index in [1.54, 1.807) is 18.2 Å². The molecule has 2 aromatic rings. The van der Waals surface area contributed by atoms with Gasteiger partial charge in [0, 0.05) is 11.4 Å². The van der Waals surface area contributed by atoms with Gasteiger partial charge in [0.15, 0.2) is 0 Å². The van der Waals surface area contributed by atoms with Crippen LogP contribution in [0.2, 0.25) is 5.02 Å². The smallest absolute Gasteiger partial charge is 0.257 e. The number of benzene rings is 2. The first-order valence-electron chi connectivity index (χ1n) is 5.60. The van der Waals surface area contributed by atoms with E-state index in [-0.39, 0.29) is 10.9 Å². The van der Waals surface area contributed by atoms with Crippen molar-refractivity contribution in [3.63, 3.8) is 0 Å². The first kappa shape index (κ1) is 13.4. The molecular formula is C14H12ClFN2O. The number of rotatable bonds is 2. The Balaban J connectivity index is 2.23. The van der Waals surface area contributed by atoms with Crippen LogP contribution in [0.3, 0.4) is 0 Å². The average Bonchev–Trinajstić information content (AvgIpc) is 2.33. The van der Waals surface area contributed by atoms with Crippen molar-refractivity contribution in [2.24, 2.45) is 0 Å². The molecule has 2 aromatic carbocycles. The van der Waals surface area contributed by atoms with Crippen LogP contribution in [0, 0.1) is 12.7 Å². The van der Waals surface area contributed by atoms with Gasteiger partial charge in [-0.15, -0.1) is 0 Å². The van der Waals surface area contributed by atoms with Crippen LogP contribution in [0.25, 0.3) is 0 Å². The summed E-state index contributed by atoms with van der Waals surface area (Å²) in [6.45, 7) is 1.88. The fourth-order valence-electron chi connectivity index (χ4n) is 1.66. The summed E-state index contributed by atoms with van der Waals surface area (Å²) < 4.78 is 13.3. The van der Waals surface area contributed by atoms with Gasteiger partial charge >= 0.3 is 0 Å². The third kappa shape index (κ3) is 3.03. The Labute approximate surface area is 115 Å². The largest absolute Gasteiger partial charge is 0.398 e. The number of anilines is 2. The van der Waals surface area contributed by atoms with Crippen molar-refractivity contribution in [1.29, 1.82) is 0 Å². The third-order valence-electron chi connectivity index (χ3n) is 2.63. The first-order chi connectivity index (χ1) is 8.97. The lowest BCUT2D eigenvalue weighted by molar-refractivity contribution is 0.102. The van der Waals surface area contributed by atoms with Gasteiger partial charge in [-0.2, -0.15) is 0 Å². The van der Waals surface area contributed by atoms with Gasteiger partial charge in [-0.05, 0) is 42.8 Å². The summed E-state index contributed by atoms with van der Waals surface area (Å²) in [6.07, 6.45) is 0. The van der Waals surface area contributed by atoms with Crippen molar-refractivity contribution in [2.45, 2.75) is 6.92 Å². The number of nitrogen functional groups attached to an aromatic ring is 1. The summed E-state index contributed by atoms with van der Waals surface area (Å²) in [5.74, 6) is -0.976. The van der Waals surface area contributed by atoms with E-state index >= 15 is 0 Å². The lowest BCUT2D eigenvalue weighted by Crippen LogP contribution is -2.14. The predicted molar refractivity (Wildman–Crippen MR) is 75.0 cm³/mol. The van der Waals surface area contributed by atoms with E-state index in [1.807, 2.05) is 6.92 Å². The van der Waals surface area contributed by atoms with E-state index in [9.17, 15) is 9.18 Å². The third-order valence-corrected chi connectivity index (χ3v) is 2.94. The molecule has 98 valence electrons. The number of nitrogens with two attached hydrogens (primary N) is 1. The normalized spacial score (nSPS) is 10.3. The maximum absolute atomic E-state index is 13.3. The van der Waals surface area contributed by atoms with E-state index in [0.717, 1.165) is 11.6 Å². The van der Waals surface area contributed by atoms with Crippen LogP contribution in [0.15, 0.2) is 36.4 Å². The number of hydrogen-bond donors (Lipinski definition) is 2. The minimum atomic E-state index is -0.587. The van der Waals surface area contributed by atoms with Gasteiger partial charge in [0.25, 0.3) is 5.91 Å². The van der Waals surface area contributed by atoms with E-state index < -0.39 is 5.82 Å². The highest BCUT2D eigenvalue weighted by Crippen LogP contribution is 2.20. The van der Waals surface area contributed by atoms with Crippen LogP contribution in [0.1, 0.15) is 15.9 Å². The van der Waals surface area contributed by atoms with Gasteiger partial charge in [-0.25, -0.2) is 4.39 Å². The highest BCUT2D eigenvalue weighted by atomic mass is 35.5.